The Labute approximate surface area is 136 Å². The minimum Gasteiger partial charge on any atom is -0.438 e. The van der Waals surface area contributed by atoms with E-state index in [0.29, 0.717) is 13.1 Å². The van der Waals surface area contributed by atoms with Crippen LogP contribution in [0.5, 0.6) is 0 Å². The summed E-state index contributed by atoms with van der Waals surface area (Å²) >= 11 is 0. The third kappa shape index (κ3) is 2.90. The molecule has 0 aliphatic carbocycles. The summed E-state index contributed by atoms with van der Waals surface area (Å²) in [7, 11) is -0.195. The number of nitrogens with zero attached hydrogens (tertiary/aromatic N) is 2. The van der Waals surface area contributed by atoms with Crippen molar-refractivity contribution < 1.29 is 17.6 Å². The number of piperidine rings is 1. The van der Waals surface area contributed by atoms with Crippen molar-refractivity contribution in [3.8, 4) is 0 Å². The first-order valence-corrected chi connectivity index (χ1v) is 9.40. The van der Waals surface area contributed by atoms with Gasteiger partial charge in [-0.3, -0.25) is 4.79 Å². The van der Waals surface area contributed by atoms with Gasteiger partial charge in [0, 0.05) is 18.6 Å². The highest BCUT2D eigenvalue weighted by molar-refractivity contribution is 7.89. The molecule has 7 nitrogen and oxygen atoms in total. The molecule has 3 heterocycles. The summed E-state index contributed by atoms with van der Waals surface area (Å²) in [6, 6.07) is 2.74. The van der Waals surface area contributed by atoms with Crippen LogP contribution in [0.4, 0.5) is 0 Å². The molecular formula is C15H23N3O4S. The monoisotopic (exact) mass is 341 g/mol. The average molecular weight is 341 g/mol. The molecule has 1 aromatic heterocycles. The molecule has 2 fully saturated rings. The number of carbonyl (C=O) groups excluding carboxylic acids is 1. The number of furan rings is 1. The number of nitrogens with one attached hydrogen (secondary N) is 1. The Morgan fingerprint density at radius 3 is 2.48 bits per heavy atom. The van der Waals surface area contributed by atoms with E-state index in [9.17, 15) is 13.2 Å². The molecule has 1 N–H and O–H groups in total. The fourth-order valence-electron chi connectivity index (χ4n) is 3.67. The minimum atomic E-state index is -3.66. The number of carbonyl (C=O) groups is 1. The van der Waals surface area contributed by atoms with Gasteiger partial charge in [0.2, 0.25) is 5.09 Å². The van der Waals surface area contributed by atoms with E-state index >= 15 is 0 Å². The Balaban J connectivity index is 1.68. The molecule has 0 aromatic carbocycles. The molecule has 128 valence electrons. The van der Waals surface area contributed by atoms with Crippen molar-refractivity contribution >= 4 is 15.9 Å². The number of rotatable bonds is 3. The second kappa shape index (κ2) is 5.92. The number of sulfonamides is 1. The Kier molecular flexibility index (Phi) is 4.24. The van der Waals surface area contributed by atoms with Crippen LogP contribution in [0.3, 0.4) is 0 Å². The van der Waals surface area contributed by atoms with Gasteiger partial charge in [0.15, 0.2) is 5.76 Å². The van der Waals surface area contributed by atoms with Gasteiger partial charge in [0.05, 0.1) is 0 Å². The van der Waals surface area contributed by atoms with E-state index in [1.165, 1.54) is 32.0 Å². The maximum absolute atomic E-state index is 12.5. The van der Waals surface area contributed by atoms with Crippen LogP contribution in [0.15, 0.2) is 21.6 Å². The van der Waals surface area contributed by atoms with Crippen molar-refractivity contribution in [2.75, 3.05) is 33.7 Å². The fourth-order valence-corrected chi connectivity index (χ4v) is 4.31. The van der Waals surface area contributed by atoms with Gasteiger partial charge in [-0.1, -0.05) is 0 Å². The first kappa shape index (κ1) is 16.5. The molecule has 0 atom stereocenters. The molecule has 1 amide bonds. The van der Waals surface area contributed by atoms with Gasteiger partial charge in [-0.2, -0.15) is 0 Å². The SMILES string of the molecule is CNS(=O)(=O)c1ccc(C(=O)N2CCC3(CCCN3C)CC2)o1. The molecule has 0 unspecified atom stereocenters. The summed E-state index contributed by atoms with van der Waals surface area (Å²) in [6.07, 6.45) is 4.32. The van der Waals surface area contributed by atoms with Gasteiger partial charge in [0.1, 0.15) is 0 Å². The van der Waals surface area contributed by atoms with E-state index in [0.717, 1.165) is 19.4 Å². The van der Waals surface area contributed by atoms with Crippen LogP contribution in [-0.4, -0.2) is 63.4 Å². The smallest absolute Gasteiger partial charge is 0.289 e. The van der Waals surface area contributed by atoms with Gasteiger partial charge in [-0.15, -0.1) is 0 Å². The molecular weight excluding hydrogens is 318 g/mol. The lowest BCUT2D eigenvalue weighted by Crippen LogP contribution is -2.51. The van der Waals surface area contributed by atoms with Crippen molar-refractivity contribution in [3.63, 3.8) is 0 Å². The molecule has 23 heavy (non-hydrogen) atoms. The predicted molar refractivity (Wildman–Crippen MR) is 84.7 cm³/mol. The van der Waals surface area contributed by atoms with Crippen molar-refractivity contribution in [1.29, 1.82) is 0 Å². The summed E-state index contributed by atoms with van der Waals surface area (Å²) in [5, 5.41) is -0.229. The Morgan fingerprint density at radius 1 is 1.22 bits per heavy atom. The first-order chi connectivity index (χ1) is 10.9. The molecule has 8 heteroatoms. The van der Waals surface area contributed by atoms with E-state index in [1.807, 2.05) is 0 Å². The first-order valence-electron chi connectivity index (χ1n) is 7.92. The van der Waals surface area contributed by atoms with Crippen LogP contribution < -0.4 is 4.72 Å². The zero-order valence-corrected chi connectivity index (χ0v) is 14.4. The van der Waals surface area contributed by atoms with E-state index in [4.69, 9.17) is 4.42 Å². The summed E-state index contributed by atoms with van der Waals surface area (Å²) in [5.41, 5.74) is 0.237. The maximum atomic E-state index is 12.5. The molecule has 3 rings (SSSR count). The fraction of sp³-hybridized carbons (Fsp3) is 0.667. The van der Waals surface area contributed by atoms with E-state index < -0.39 is 10.0 Å². The third-order valence-electron chi connectivity index (χ3n) is 5.25. The van der Waals surface area contributed by atoms with Crippen molar-refractivity contribution in [2.45, 2.75) is 36.3 Å². The molecule has 2 saturated heterocycles. The molecule has 0 bridgehead atoms. The van der Waals surface area contributed by atoms with Crippen molar-refractivity contribution in [2.24, 2.45) is 0 Å². The zero-order valence-electron chi connectivity index (χ0n) is 13.5. The summed E-state index contributed by atoms with van der Waals surface area (Å²) in [5.74, 6) is -0.160. The second-order valence-corrected chi connectivity index (χ2v) is 8.19. The maximum Gasteiger partial charge on any atom is 0.289 e. The molecule has 2 aliphatic rings. The minimum absolute atomic E-state index is 0.0783. The van der Waals surface area contributed by atoms with Crippen LogP contribution in [-0.2, 0) is 10.0 Å². The van der Waals surface area contributed by atoms with Crippen LogP contribution >= 0.6 is 0 Å². The molecule has 2 aliphatic heterocycles. The van der Waals surface area contributed by atoms with Crippen LogP contribution in [0, 0.1) is 0 Å². The summed E-state index contributed by atoms with van der Waals surface area (Å²) in [4.78, 5) is 16.7. The third-order valence-corrected chi connectivity index (χ3v) is 6.54. The molecule has 0 radical (unpaired) electrons. The van der Waals surface area contributed by atoms with Gasteiger partial charge < -0.3 is 14.2 Å². The van der Waals surface area contributed by atoms with Gasteiger partial charge in [0.25, 0.3) is 15.9 Å². The van der Waals surface area contributed by atoms with E-state index in [1.54, 1.807) is 4.90 Å². The highest BCUT2D eigenvalue weighted by Gasteiger charge is 2.42. The van der Waals surface area contributed by atoms with Crippen molar-refractivity contribution in [1.82, 2.24) is 14.5 Å². The average Bonchev–Trinajstić information content (AvgIpc) is 3.17. The summed E-state index contributed by atoms with van der Waals surface area (Å²) < 4.78 is 30.8. The molecule has 1 aromatic rings. The van der Waals surface area contributed by atoms with Gasteiger partial charge in [-0.25, -0.2) is 13.1 Å². The number of likely N-dealkylation sites (tertiary alicyclic amines) is 2. The summed E-state index contributed by atoms with van der Waals surface area (Å²) in [6.45, 7) is 2.48. The lowest BCUT2D eigenvalue weighted by molar-refractivity contribution is 0.0463. The highest BCUT2D eigenvalue weighted by Crippen LogP contribution is 2.37. The van der Waals surface area contributed by atoms with Gasteiger partial charge >= 0.3 is 0 Å². The highest BCUT2D eigenvalue weighted by atomic mass is 32.2. The normalized spacial score (nSPS) is 21.9. The standard InChI is InChI=1S/C15H23N3O4S/c1-16-23(20,21)13-5-4-12(22-13)14(19)18-10-7-15(8-11-18)6-3-9-17(15)2/h4-5,16H,3,6-11H2,1-2H3. The lowest BCUT2D eigenvalue weighted by atomic mass is 9.85. The van der Waals surface area contributed by atoms with Crippen molar-refractivity contribution in [3.05, 3.63) is 17.9 Å². The quantitative estimate of drug-likeness (QED) is 0.883. The largest absolute Gasteiger partial charge is 0.438 e. The zero-order chi connectivity index (χ0) is 16.7. The van der Waals surface area contributed by atoms with Crippen LogP contribution in [0.25, 0.3) is 0 Å². The lowest BCUT2D eigenvalue weighted by Gasteiger charge is -2.43. The Bertz CT molecular complexity index is 689. The topological polar surface area (TPSA) is 82.9 Å². The second-order valence-electron chi connectivity index (χ2n) is 6.37. The number of amides is 1. The van der Waals surface area contributed by atoms with E-state index in [2.05, 4.69) is 16.7 Å². The Hall–Kier alpha value is -1.38. The molecule has 0 saturated carbocycles. The van der Waals surface area contributed by atoms with E-state index in [-0.39, 0.29) is 22.3 Å². The number of hydrogen-bond donors (Lipinski definition) is 1. The van der Waals surface area contributed by atoms with Crippen LogP contribution in [0.2, 0.25) is 0 Å². The van der Waals surface area contributed by atoms with Crippen LogP contribution in [0.1, 0.15) is 36.2 Å². The number of hydrogen-bond acceptors (Lipinski definition) is 5. The van der Waals surface area contributed by atoms with Gasteiger partial charge in [-0.05, 0) is 58.5 Å². The Morgan fingerprint density at radius 2 is 1.91 bits per heavy atom. The predicted octanol–water partition coefficient (Wildman–Crippen LogP) is 0.888. The molecule has 1 spiro atoms.